The van der Waals surface area contributed by atoms with Gasteiger partial charge in [-0.05, 0) is 67.9 Å². The van der Waals surface area contributed by atoms with Crippen LogP contribution in [0.5, 0.6) is 0 Å². The lowest BCUT2D eigenvalue weighted by atomic mass is 9.87. The number of anilines is 1. The molecule has 2 aromatic rings. The van der Waals surface area contributed by atoms with E-state index in [0.717, 1.165) is 37.5 Å². The number of alkyl halides is 3. The second-order valence-electron chi connectivity index (χ2n) is 6.53. The normalized spacial score (nSPS) is 21.5. The van der Waals surface area contributed by atoms with E-state index < -0.39 is 11.9 Å². The zero-order valence-electron chi connectivity index (χ0n) is 13.9. The molecule has 2 nitrogen and oxygen atoms in total. The Morgan fingerprint density at radius 2 is 1.92 bits per heavy atom. The number of nitrogens with zero attached hydrogens (tertiary/aromatic N) is 1. The molecule has 0 atom stereocenters. The summed E-state index contributed by atoms with van der Waals surface area (Å²) in [7, 11) is 0. The Balaban J connectivity index is 1.88. The fourth-order valence-electron chi connectivity index (χ4n) is 3.39. The minimum Gasteiger partial charge on any atom is -0.382 e. The van der Waals surface area contributed by atoms with Crippen molar-refractivity contribution in [3.8, 4) is 0 Å². The molecule has 0 saturated heterocycles. The van der Waals surface area contributed by atoms with E-state index in [2.05, 4.69) is 16.6 Å². The van der Waals surface area contributed by atoms with Crippen LogP contribution < -0.4 is 5.32 Å². The van der Waals surface area contributed by atoms with Crippen LogP contribution in [-0.2, 0) is 6.18 Å². The predicted octanol–water partition coefficient (Wildman–Crippen LogP) is 6.24. The highest BCUT2D eigenvalue weighted by atomic mass is 35.5. The van der Waals surface area contributed by atoms with E-state index >= 15 is 0 Å². The Hall–Kier alpha value is -1.14. The van der Waals surface area contributed by atoms with E-state index in [4.69, 9.17) is 11.6 Å². The van der Waals surface area contributed by atoms with E-state index in [1.807, 2.05) is 11.8 Å². The van der Waals surface area contributed by atoms with Crippen molar-refractivity contribution in [3.63, 3.8) is 0 Å². The van der Waals surface area contributed by atoms with Crippen LogP contribution in [-0.4, -0.2) is 23.0 Å². The van der Waals surface area contributed by atoms with Crippen LogP contribution in [0, 0.1) is 5.92 Å². The summed E-state index contributed by atoms with van der Waals surface area (Å²) in [5.41, 5.74) is -0.105. The maximum absolute atomic E-state index is 13.2. The van der Waals surface area contributed by atoms with Gasteiger partial charge in [-0.15, -0.1) is 0 Å². The maximum atomic E-state index is 13.2. The molecule has 1 aliphatic rings. The molecule has 1 N–H and O–H groups in total. The third-order valence-corrected chi connectivity index (χ3v) is 5.71. The second kappa shape index (κ2) is 7.62. The Morgan fingerprint density at radius 3 is 2.56 bits per heavy atom. The molecule has 3 rings (SSSR count). The largest absolute Gasteiger partial charge is 0.433 e. The van der Waals surface area contributed by atoms with Gasteiger partial charge in [0.05, 0.1) is 5.52 Å². The fourth-order valence-corrected chi connectivity index (χ4v) is 4.37. The van der Waals surface area contributed by atoms with Gasteiger partial charge in [0.1, 0.15) is 5.69 Å². The first kappa shape index (κ1) is 18.6. The number of benzene rings is 1. The number of halogens is 4. The lowest BCUT2D eigenvalue weighted by Gasteiger charge is -2.30. The summed E-state index contributed by atoms with van der Waals surface area (Å²) in [6, 6.07) is 6.06. The topological polar surface area (TPSA) is 24.9 Å². The third kappa shape index (κ3) is 4.53. The van der Waals surface area contributed by atoms with Crippen LogP contribution in [0.3, 0.4) is 0 Å². The molecule has 0 radical (unpaired) electrons. The van der Waals surface area contributed by atoms with Gasteiger partial charge in [0, 0.05) is 22.1 Å². The standard InChI is InChI=1S/C18H20ClF3N2S/c1-25-10-11-2-5-13(6-3-11)23-16-9-17(18(20,21)22)24-15-7-4-12(19)8-14(15)16/h4,7-9,11,13H,2-3,5-6,10H2,1H3,(H,23,24). The highest BCUT2D eigenvalue weighted by Gasteiger charge is 2.33. The van der Waals surface area contributed by atoms with E-state index in [9.17, 15) is 13.2 Å². The SMILES string of the molecule is CSCC1CCC(Nc2cc(C(F)(F)F)nc3ccc(Cl)cc23)CC1. The molecule has 7 heteroatoms. The van der Waals surface area contributed by atoms with Gasteiger partial charge in [0.2, 0.25) is 0 Å². The molecule has 0 amide bonds. The molecule has 0 spiro atoms. The molecular weight excluding hydrogens is 369 g/mol. The third-order valence-electron chi connectivity index (χ3n) is 4.67. The number of rotatable bonds is 4. The molecule has 1 aromatic heterocycles. The van der Waals surface area contributed by atoms with Crippen molar-refractivity contribution in [1.82, 2.24) is 4.98 Å². The average molecular weight is 389 g/mol. The Bertz CT molecular complexity index is 743. The van der Waals surface area contributed by atoms with Crippen LogP contribution in [0.1, 0.15) is 31.4 Å². The summed E-state index contributed by atoms with van der Waals surface area (Å²) in [6.07, 6.45) is 1.78. The van der Waals surface area contributed by atoms with Crippen molar-refractivity contribution in [2.75, 3.05) is 17.3 Å². The first-order valence-electron chi connectivity index (χ1n) is 8.30. The predicted molar refractivity (Wildman–Crippen MR) is 99.5 cm³/mol. The Kier molecular flexibility index (Phi) is 5.68. The van der Waals surface area contributed by atoms with Gasteiger partial charge >= 0.3 is 6.18 Å². The number of aromatic nitrogens is 1. The zero-order valence-corrected chi connectivity index (χ0v) is 15.4. The van der Waals surface area contributed by atoms with Gasteiger partial charge in [-0.2, -0.15) is 24.9 Å². The number of hydrogen-bond donors (Lipinski definition) is 1. The molecule has 1 heterocycles. The number of hydrogen-bond acceptors (Lipinski definition) is 3. The molecule has 25 heavy (non-hydrogen) atoms. The molecular formula is C18H20ClF3N2S. The monoisotopic (exact) mass is 388 g/mol. The second-order valence-corrected chi connectivity index (χ2v) is 7.88. The zero-order chi connectivity index (χ0) is 18.0. The summed E-state index contributed by atoms with van der Waals surface area (Å²) in [5.74, 6) is 1.86. The average Bonchev–Trinajstić information content (AvgIpc) is 2.56. The van der Waals surface area contributed by atoms with E-state index in [0.29, 0.717) is 27.5 Å². The van der Waals surface area contributed by atoms with Crippen LogP contribution in [0.2, 0.25) is 5.02 Å². The van der Waals surface area contributed by atoms with Crippen molar-refractivity contribution >= 4 is 40.0 Å². The molecule has 1 saturated carbocycles. The summed E-state index contributed by atoms with van der Waals surface area (Å²) in [6.45, 7) is 0. The van der Waals surface area contributed by atoms with Gasteiger partial charge < -0.3 is 5.32 Å². The van der Waals surface area contributed by atoms with Crippen molar-refractivity contribution in [3.05, 3.63) is 35.0 Å². The Labute approximate surface area is 154 Å². The van der Waals surface area contributed by atoms with Crippen LogP contribution in [0.25, 0.3) is 10.9 Å². The summed E-state index contributed by atoms with van der Waals surface area (Å²) in [5, 5.41) is 4.44. The lowest BCUT2D eigenvalue weighted by Crippen LogP contribution is -2.27. The Morgan fingerprint density at radius 1 is 1.20 bits per heavy atom. The highest BCUT2D eigenvalue weighted by molar-refractivity contribution is 7.98. The first-order valence-corrected chi connectivity index (χ1v) is 10.1. The minimum absolute atomic E-state index is 0.184. The van der Waals surface area contributed by atoms with Gasteiger partial charge in [-0.3, -0.25) is 0 Å². The summed E-state index contributed by atoms with van der Waals surface area (Å²) < 4.78 is 39.5. The number of fused-ring (bicyclic) bond motifs is 1. The van der Waals surface area contributed by atoms with Crippen molar-refractivity contribution < 1.29 is 13.2 Å². The minimum atomic E-state index is -4.47. The highest BCUT2D eigenvalue weighted by Crippen LogP contribution is 2.36. The van der Waals surface area contributed by atoms with E-state index in [1.54, 1.807) is 12.1 Å². The molecule has 0 unspecified atom stereocenters. The van der Waals surface area contributed by atoms with Crippen molar-refractivity contribution in [2.24, 2.45) is 5.92 Å². The van der Waals surface area contributed by atoms with E-state index in [1.165, 1.54) is 6.07 Å². The molecule has 0 bridgehead atoms. The number of nitrogens with one attached hydrogen (secondary N) is 1. The molecule has 1 aromatic carbocycles. The molecule has 136 valence electrons. The number of pyridine rings is 1. The van der Waals surface area contributed by atoms with Crippen LogP contribution in [0.15, 0.2) is 24.3 Å². The first-order chi connectivity index (χ1) is 11.9. The van der Waals surface area contributed by atoms with Crippen molar-refractivity contribution in [2.45, 2.75) is 37.9 Å². The van der Waals surface area contributed by atoms with Gasteiger partial charge in [0.15, 0.2) is 0 Å². The molecule has 1 fully saturated rings. The molecule has 0 aliphatic heterocycles. The van der Waals surface area contributed by atoms with Crippen LogP contribution >= 0.6 is 23.4 Å². The quantitative estimate of drug-likeness (QED) is 0.670. The fraction of sp³-hybridized carbons (Fsp3) is 0.500. The van der Waals surface area contributed by atoms with Gasteiger partial charge in [0.25, 0.3) is 0 Å². The smallest absolute Gasteiger partial charge is 0.382 e. The maximum Gasteiger partial charge on any atom is 0.433 e. The van der Waals surface area contributed by atoms with Crippen LogP contribution in [0.4, 0.5) is 18.9 Å². The van der Waals surface area contributed by atoms with Gasteiger partial charge in [-0.25, -0.2) is 4.98 Å². The molecule has 1 aliphatic carbocycles. The van der Waals surface area contributed by atoms with E-state index in [-0.39, 0.29) is 6.04 Å². The van der Waals surface area contributed by atoms with Gasteiger partial charge in [-0.1, -0.05) is 11.6 Å². The summed E-state index contributed by atoms with van der Waals surface area (Å²) >= 11 is 7.89. The number of thioether (sulfide) groups is 1. The summed E-state index contributed by atoms with van der Waals surface area (Å²) in [4.78, 5) is 3.75. The van der Waals surface area contributed by atoms with Crippen molar-refractivity contribution in [1.29, 1.82) is 0 Å². The lowest BCUT2D eigenvalue weighted by molar-refractivity contribution is -0.140.